The molecule has 170 valence electrons. The van der Waals surface area contributed by atoms with Gasteiger partial charge in [-0.2, -0.15) is 0 Å². The van der Waals surface area contributed by atoms with Crippen molar-refractivity contribution in [3.05, 3.63) is 75.8 Å². The van der Waals surface area contributed by atoms with E-state index in [9.17, 15) is 9.18 Å². The number of piperidine rings is 1. The van der Waals surface area contributed by atoms with Gasteiger partial charge >= 0.3 is 0 Å². The number of nitrogens with zero attached hydrogens (tertiary/aromatic N) is 2. The fourth-order valence-corrected chi connectivity index (χ4v) is 4.36. The molecule has 0 unspecified atom stereocenters. The molecule has 1 N–H and O–H groups in total. The lowest BCUT2D eigenvalue weighted by atomic mass is 10.1. The molecule has 0 saturated carbocycles. The summed E-state index contributed by atoms with van der Waals surface area (Å²) in [6.07, 6.45) is 3.72. The highest BCUT2D eigenvalue weighted by molar-refractivity contribution is 5.83. The summed E-state index contributed by atoms with van der Waals surface area (Å²) in [6.45, 7) is 6.79. The first-order valence-corrected chi connectivity index (χ1v) is 11.6. The van der Waals surface area contributed by atoms with Crippen molar-refractivity contribution in [3.8, 4) is 0 Å². The largest absolute Gasteiger partial charge is 0.380 e. The highest BCUT2D eigenvalue weighted by atomic mass is 19.1. The Morgan fingerprint density at radius 1 is 1.00 bits per heavy atom. The van der Waals surface area contributed by atoms with Crippen molar-refractivity contribution >= 4 is 16.6 Å². The summed E-state index contributed by atoms with van der Waals surface area (Å²) in [5.74, 6) is -0.246. The highest BCUT2D eigenvalue weighted by Gasteiger charge is 2.14. The number of halogens is 1. The molecule has 6 heteroatoms. The maximum atomic E-state index is 13.4. The molecule has 3 aromatic rings. The predicted molar refractivity (Wildman–Crippen MR) is 128 cm³/mol. The van der Waals surface area contributed by atoms with Crippen LogP contribution in [0.4, 0.5) is 10.1 Å². The van der Waals surface area contributed by atoms with E-state index in [4.69, 9.17) is 4.74 Å². The van der Waals surface area contributed by atoms with Gasteiger partial charge in [-0.3, -0.25) is 4.79 Å². The molecular formula is C26H32FN3O2. The summed E-state index contributed by atoms with van der Waals surface area (Å²) in [4.78, 5) is 15.8. The molecule has 1 saturated heterocycles. The van der Waals surface area contributed by atoms with Crippen molar-refractivity contribution in [2.24, 2.45) is 0 Å². The van der Waals surface area contributed by atoms with E-state index in [1.54, 1.807) is 12.1 Å². The molecule has 2 aromatic carbocycles. The van der Waals surface area contributed by atoms with Crippen LogP contribution in [0.25, 0.3) is 10.9 Å². The number of benzene rings is 2. The van der Waals surface area contributed by atoms with Crippen LogP contribution in [0.2, 0.25) is 0 Å². The molecule has 0 amide bonds. The molecule has 1 fully saturated rings. The van der Waals surface area contributed by atoms with E-state index in [0.717, 1.165) is 35.1 Å². The van der Waals surface area contributed by atoms with Crippen molar-refractivity contribution < 1.29 is 9.13 Å². The number of hydrogen-bond acceptors (Lipinski definition) is 4. The average Bonchev–Trinajstić information content (AvgIpc) is 2.82. The number of hydrogen-bond donors (Lipinski definition) is 1. The maximum Gasteiger partial charge on any atom is 0.255 e. The van der Waals surface area contributed by atoms with Gasteiger partial charge in [0.2, 0.25) is 0 Å². The van der Waals surface area contributed by atoms with E-state index in [2.05, 4.69) is 28.4 Å². The van der Waals surface area contributed by atoms with Gasteiger partial charge in [0.25, 0.3) is 5.56 Å². The van der Waals surface area contributed by atoms with Crippen LogP contribution in [-0.2, 0) is 24.4 Å². The van der Waals surface area contributed by atoms with Crippen molar-refractivity contribution in [1.29, 1.82) is 0 Å². The van der Waals surface area contributed by atoms with E-state index in [0.29, 0.717) is 32.8 Å². The molecule has 4 rings (SSSR count). The van der Waals surface area contributed by atoms with Gasteiger partial charge in [0.15, 0.2) is 0 Å². The molecule has 0 spiro atoms. The number of ether oxygens (including phenoxy) is 1. The number of anilines is 1. The third-order valence-electron chi connectivity index (χ3n) is 6.10. The van der Waals surface area contributed by atoms with Gasteiger partial charge < -0.3 is 19.5 Å². The minimum Gasteiger partial charge on any atom is -0.380 e. The van der Waals surface area contributed by atoms with Crippen LogP contribution in [0.5, 0.6) is 0 Å². The first kappa shape index (κ1) is 22.5. The van der Waals surface area contributed by atoms with E-state index < -0.39 is 0 Å². The minimum atomic E-state index is -0.246. The second-order valence-electron chi connectivity index (χ2n) is 8.34. The SMILES string of the molecule is CCOCCn1c(=O)c(CNCc2ccc(F)cc2)cc2ccc(N3CCCCC3)cc21. The molecule has 0 aliphatic carbocycles. The Bertz CT molecular complexity index is 1090. The summed E-state index contributed by atoms with van der Waals surface area (Å²) in [6, 6.07) is 14.9. The lowest BCUT2D eigenvalue weighted by Crippen LogP contribution is -2.30. The lowest BCUT2D eigenvalue weighted by molar-refractivity contribution is 0.139. The monoisotopic (exact) mass is 437 g/mol. The summed E-state index contributed by atoms with van der Waals surface area (Å²) in [5, 5.41) is 4.38. The molecule has 1 aromatic heterocycles. The van der Waals surface area contributed by atoms with E-state index in [1.165, 1.54) is 37.1 Å². The van der Waals surface area contributed by atoms with Crippen LogP contribution in [0.1, 0.15) is 37.3 Å². The lowest BCUT2D eigenvalue weighted by Gasteiger charge is -2.29. The Morgan fingerprint density at radius 2 is 1.78 bits per heavy atom. The fraction of sp³-hybridized carbons (Fsp3) is 0.423. The van der Waals surface area contributed by atoms with E-state index in [-0.39, 0.29) is 11.4 Å². The second kappa shape index (κ2) is 10.7. The van der Waals surface area contributed by atoms with Crippen LogP contribution in [0.15, 0.2) is 53.3 Å². The maximum absolute atomic E-state index is 13.4. The molecule has 32 heavy (non-hydrogen) atoms. The highest BCUT2D eigenvalue weighted by Crippen LogP contribution is 2.25. The third kappa shape index (κ3) is 5.37. The summed E-state index contributed by atoms with van der Waals surface area (Å²) >= 11 is 0. The van der Waals surface area contributed by atoms with Crippen molar-refractivity contribution in [1.82, 2.24) is 9.88 Å². The first-order valence-electron chi connectivity index (χ1n) is 11.6. The number of aromatic nitrogens is 1. The topological polar surface area (TPSA) is 46.5 Å². The Morgan fingerprint density at radius 3 is 2.53 bits per heavy atom. The molecule has 1 aliphatic heterocycles. The summed E-state index contributed by atoms with van der Waals surface area (Å²) in [5.41, 5.74) is 3.86. The number of nitrogens with one attached hydrogen (secondary N) is 1. The molecule has 0 radical (unpaired) electrons. The predicted octanol–water partition coefficient (Wildman–Crippen LogP) is 4.46. The fourth-order valence-electron chi connectivity index (χ4n) is 4.36. The Hall–Kier alpha value is -2.70. The Kier molecular flexibility index (Phi) is 7.55. The van der Waals surface area contributed by atoms with Gasteiger partial charge in [-0.15, -0.1) is 0 Å². The Labute approximate surface area is 188 Å². The van der Waals surface area contributed by atoms with E-state index in [1.807, 2.05) is 17.6 Å². The summed E-state index contributed by atoms with van der Waals surface area (Å²) < 4.78 is 20.5. The van der Waals surface area contributed by atoms with Gasteiger partial charge in [0.1, 0.15) is 5.82 Å². The number of fused-ring (bicyclic) bond motifs is 1. The zero-order chi connectivity index (χ0) is 22.3. The van der Waals surface area contributed by atoms with Crippen LogP contribution in [-0.4, -0.2) is 30.9 Å². The molecule has 5 nitrogen and oxygen atoms in total. The van der Waals surface area contributed by atoms with Gasteiger partial charge in [0.05, 0.1) is 12.1 Å². The minimum absolute atomic E-state index is 0.0135. The van der Waals surface area contributed by atoms with Crippen molar-refractivity contribution in [3.63, 3.8) is 0 Å². The van der Waals surface area contributed by atoms with Crippen molar-refractivity contribution in [2.45, 2.75) is 45.8 Å². The normalized spacial score (nSPS) is 14.2. The number of rotatable bonds is 9. The van der Waals surface area contributed by atoms with Crippen LogP contribution in [0, 0.1) is 5.82 Å². The van der Waals surface area contributed by atoms with Crippen LogP contribution < -0.4 is 15.8 Å². The second-order valence-corrected chi connectivity index (χ2v) is 8.34. The Balaban J connectivity index is 1.60. The van der Waals surface area contributed by atoms with Gasteiger partial charge in [-0.05, 0) is 67.5 Å². The summed E-state index contributed by atoms with van der Waals surface area (Å²) in [7, 11) is 0. The van der Waals surface area contributed by atoms with Crippen LogP contribution in [0.3, 0.4) is 0 Å². The zero-order valence-electron chi connectivity index (χ0n) is 18.8. The molecular weight excluding hydrogens is 405 g/mol. The quantitative estimate of drug-likeness (QED) is 0.502. The van der Waals surface area contributed by atoms with Gasteiger partial charge in [-0.1, -0.05) is 18.2 Å². The molecule has 0 atom stereocenters. The third-order valence-corrected chi connectivity index (χ3v) is 6.10. The van der Waals surface area contributed by atoms with E-state index >= 15 is 0 Å². The molecule has 2 heterocycles. The van der Waals surface area contributed by atoms with Crippen molar-refractivity contribution in [2.75, 3.05) is 31.2 Å². The molecule has 1 aliphatic rings. The van der Waals surface area contributed by atoms with Crippen LogP contribution >= 0.6 is 0 Å². The first-order chi connectivity index (χ1) is 15.7. The number of pyridine rings is 1. The standard InChI is InChI=1S/C26H32FN3O2/c1-2-32-15-14-30-25-17-24(29-12-4-3-5-13-29)11-8-21(25)16-22(26(30)31)19-28-18-20-6-9-23(27)10-7-20/h6-11,16-17,28H,2-5,12-15,18-19H2,1H3. The smallest absolute Gasteiger partial charge is 0.255 e. The average molecular weight is 438 g/mol. The van der Waals surface area contributed by atoms with Gasteiger partial charge in [0, 0.05) is 50.6 Å². The molecule has 0 bridgehead atoms. The van der Waals surface area contributed by atoms with Gasteiger partial charge in [-0.25, -0.2) is 4.39 Å². The zero-order valence-corrected chi connectivity index (χ0v) is 18.8.